The number of aldehydes is 1. The second-order valence-electron chi connectivity index (χ2n) is 6.91. The normalized spacial score (nSPS) is 21.0. The molecule has 1 heteroatoms. The van der Waals surface area contributed by atoms with Crippen LogP contribution in [-0.4, -0.2) is 6.29 Å². The van der Waals surface area contributed by atoms with Gasteiger partial charge in [0.2, 0.25) is 0 Å². The van der Waals surface area contributed by atoms with E-state index in [-0.39, 0.29) is 0 Å². The van der Waals surface area contributed by atoms with Gasteiger partial charge < -0.3 is 4.79 Å². The lowest BCUT2D eigenvalue weighted by Gasteiger charge is -2.34. The summed E-state index contributed by atoms with van der Waals surface area (Å²) in [6.45, 7) is 6.88. The molecular formula is C18H26O. The van der Waals surface area contributed by atoms with Gasteiger partial charge in [0.05, 0.1) is 0 Å². The maximum atomic E-state index is 10.6. The van der Waals surface area contributed by atoms with Crippen molar-refractivity contribution in [2.24, 2.45) is 5.41 Å². The average Bonchev–Trinajstić information content (AvgIpc) is 2.39. The Bertz CT molecular complexity index is 406. The van der Waals surface area contributed by atoms with Crippen molar-refractivity contribution in [2.75, 3.05) is 0 Å². The maximum absolute atomic E-state index is 10.6. The molecule has 1 atom stereocenters. The van der Waals surface area contributed by atoms with Gasteiger partial charge in [0, 0.05) is 6.42 Å². The molecule has 1 nitrogen and oxygen atoms in total. The minimum absolute atomic E-state index is 0.344. The van der Waals surface area contributed by atoms with Gasteiger partial charge in [-0.2, -0.15) is 0 Å². The fraction of sp³-hybridized carbons (Fsp3) is 0.611. The van der Waals surface area contributed by atoms with Gasteiger partial charge in [0.15, 0.2) is 0 Å². The SMILES string of the molecule is CC(CC=O)c1ccc(C2CCC(C)(C)CC2)cc1. The summed E-state index contributed by atoms with van der Waals surface area (Å²) in [4.78, 5) is 10.6. The maximum Gasteiger partial charge on any atom is 0.120 e. The highest BCUT2D eigenvalue weighted by Crippen LogP contribution is 2.42. The van der Waals surface area contributed by atoms with Crippen molar-refractivity contribution in [3.63, 3.8) is 0 Å². The number of hydrogen-bond donors (Lipinski definition) is 0. The highest BCUT2D eigenvalue weighted by Gasteiger charge is 2.27. The van der Waals surface area contributed by atoms with E-state index in [1.165, 1.54) is 36.8 Å². The van der Waals surface area contributed by atoms with Crippen molar-refractivity contribution >= 4 is 6.29 Å². The van der Waals surface area contributed by atoms with Gasteiger partial charge in [-0.05, 0) is 54.1 Å². The van der Waals surface area contributed by atoms with E-state index in [1.54, 1.807) is 0 Å². The first-order valence-electron chi connectivity index (χ1n) is 7.55. The summed E-state index contributed by atoms with van der Waals surface area (Å²) < 4.78 is 0. The van der Waals surface area contributed by atoms with Gasteiger partial charge in [-0.3, -0.25) is 0 Å². The van der Waals surface area contributed by atoms with Gasteiger partial charge in [0.1, 0.15) is 6.29 Å². The molecule has 1 aromatic rings. The van der Waals surface area contributed by atoms with Crippen LogP contribution in [0.3, 0.4) is 0 Å². The summed E-state index contributed by atoms with van der Waals surface area (Å²) in [7, 11) is 0. The fourth-order valence-corrected chi connectivity index (χ4v) is 3.11. The third-order valence-electron chi connectivity index (χ3n) is 4.77. The lowest BCUT2D eigenvalue weighted by molar-refractivity contribution is -0.108. The highest BCUT2D eigenvalue weighted by molar-refractivity contribution is 5.51. The van der Waals surface area contributed by atoms with Crippen LogP contribution in [0.15, 0.2) is 24.3 Å². The van der Waals surface area contributed by atoms with E-state index in [0.717, 1.165) is 12.2 Å². The quantitative estimate of drug-likeness (QED) is 0.690. The molecule has 1 fully saturated rings. The summed E-state index contributed by atoms with van der Waals surface area (Å²) in [5.41, 5.74) is 3.30. The number of carbonyl (C=O) groups excluding carboxylic acids is 1. The average molecular weight is 258 g/mol. The smallest absolute Gasteiger partial charge is 0.120 e. The van der Waals surface area contributed by atoms with E-state index in [0.29, 0.717) is 17.8 Å². The zero-order chi connectivity index (χ0) is 13.9. The summed E-state index contributed by atoms with van der Waals surface area (Å²) in [5.74, 6) is 1.08. The van der Waals surface area contributed by atoms with Gasteiger partial charge in [-0.25, -0.2) is 0 Å². The van der Waals surface area contributed by atoms with Crippen LogP contribution < -0.4 is 0 Å². The number of hydrogen-bond acceptors (Lipinski definition) is 1. The number of benzene rings is 1. The van der Waals surface area contributed by atoms with Crippen molar-refractivity contribution in [1.82, 2.24) is 0 Å². The Morgan fingerprint density at radius 1 is 1.21 bits per heavy atom. The van der Waals surface area contributed by atoms with E-state index in [4.69, 9.17) is 0 Å². The third kappa shape index (κ3) is 3.68. The van der Waals surface area contributed by atoms with Crippen molar-refractivity contribution in [2.45, 2.75) is 64.7 Å². The van der Waals surface area contributed by atoms with Gasteiger partial charge in [-0.15, -0.1) is 0 Å². The third-order valence-corrected chi connectivity index (χ3v) is 4.77. The molecule has 19 heavy (non-hydrogen) atoms. The van der Waals surface area contributed by atoms with Crippen molar-refractivity contribution < 1.29 is 4.79 Å². The van der Waals surface area contributed by atoms with Crippen LogP contribution in [0, 0.1) is 5.41 Å². The van der Waals surface area contributed by atoms with Crippen molar-refractivity contribution in [1.29, 1.82) is 0 Å². The molecule has 0 heterocycles. The lowest BCUT2D eigenvalue weighted by Crippen LogP contribution is -2.20. The predicted octanol–water partition coefficient (Wildman–Crippen LogP) is 5.06. The van der Waals surface area contributed by atoms with Crippen LogP contribution in [0.25, 0.3) is 0 Å². The zero-order valence-corrected chi connectivity index (χ0v) is 12.5. The van der Waals surface area contributed by atoms with E-state index >= 15 is 0 Å². The molecule has 2 rings (SSSR count). The molecule has 1 aliphatic rings. The Hall–Kier alpha value is -1.11. The Morgan fingerprint density at radius 2 is 1.79 bits per heavy atom. The number of rotatable bonds is 4. The first-order valence-corrected chi connectivity index (χ1v) is 7.55. The molecule has 0 spiro atoms. The summed E-state index contributed by atoms with van der Waals surface area (Å²) in [6.07, 6.45) is 6.94. The molecule has 104 valence electrons. The van der Waals surface area contributed by atoms with Gasteiger partial charge >= 0.3 is 0 Å². The van der Waals surface area contributed by atoms with Crippen LogP contribution in [0.4, 0.5) is 0 Å². The van der Waals surface area contributed by atoms with E-state index < -0.39 is 0 Å². The molecule has 1 aromatic carbocycles. The van der Waals surface area contributed by atoms with E-state index in [2.05, 4.69) is 45.0 Å². The minimum Gasteiger partial charge on any atom is -0.303 e. The molecule has 1 saturated carbocycles. The predicted molar refractivity (Wildman–Crippen MR) is 80.5 cm³/mol. The van der Waals surface area contributed by atoms with Crippen LogP contribution in [0.5, 0.6) is 0 Å². The van der Waals surface area contributed by atoms with Crippen molar-refractivity contribution in [3.05, 3.63) is 35.4 Å². The van der Waals surface area contributed by atoms with Crippen LogP contribution in [-0.2, 0) is 4.79 Å². The molecule has 0 amide bonds. The largest absolute Gasteiger partial charge is 0.303 e. The highest BCUT2D eigenvalue weighted by atomic mass is 16.1. The monoisotopic (exact) mass is 258 g/mol. The molecule has 1 aliphatic carbocycles. The standard InChI is InChI=1S/C18H26O/c1-14(10-13-19)15-4-6-16(7-5-15)17-8-11-18(2,3)12-9-17/h4-7,13-14,17H,8-12H2,1-3H3. The molecule has 0 bridgehead atoms. The molecule has 0 radical (unpaired) electrons. The second kappa shape index (κ2) is 5.90. The Labute approximate surface area is 117 Å². The summed E-state index contributed by atoms with van der Waals surface area (Å²) in [5, 5.41) is 0. The van der Waals surface area contributed by atoms with Crippen LogP contribution >= 0.6 is 0 Å². The van der Waals surface area contributed by atoms with Crippen molar-refractivity contribution in [3.8, 4) is 0 Å². The second-order valence-corrected chi connectivity index (χ2v) is 6.91. The molecule has 0 aromatic heterocycles. The van der Waals surface area contributed by atoms with E-state index in [1.807, 2.05) is 0 Å². The lowest BCUT2D eigenvalue weighted by atomic mass is 9.71. The topological polar surface area (TPSA) is 17.1 Å². The fourth-order valence-electron chi connectivity index (χ4n) is 3.11. The van der Waals surface area contributed by atoms with Gasteiger partial charge in [-0.1, -0.05) is 45.0 Å². The zero-order valence-electron chi connectivity index (χ0n) is 12.5. The van der Waals surface area contributed by atoms with E-state index in [9.17, 15) is 4.79 Å². The molecule has 0 saturated heterocycles. The van der Waals surface area contributed by atoms with Crippen LogP contribution in [0.1, 0.15) is 75.8 Å². The minimum atomic E-state index is 0.344. The van der Waals surface area contributed by atoms with Gasteiger partial charge in [0.25, 0.3) is 0 Å². The molecular weight excluding hydrogens is 232 g/mol. The first-order chi connectivity index (χ1) is 9.02. The molecule has 0 N–H and O–H groups in total. The summed E-state index contributed by atoms with van der Waals surface area (Å²) in [6, 6.07) is 8.98. The Balaban J connectivity index is 2.01. The Kier molecular flexibility index (Phi) is 4.44. The molecule has 1 unspecified atom stereocenters. The van der Waals surface area contributed by atoms with Crippen LogP contribution in [0.2, 0.25) is 0 Å². The summed E-state index contributed by atoms with van der Waals surface area (Å²) >= 11 is 0. The first kappa shape index (κ1) is 14.3. The molecule has 0 aliphatic heterocycles. The number of carbonyl (C=O) groups is 1. The Morgan fingerprint density at radius 3 is 2.32 bits per heavy atom.